The molecule has 0 aliphatic carbocycles. The predicted molar refractivity (Wildman–Crippen MR) is 428 cm³/mol. The molecular formula is C90H154NO8+. The number of carboxylic acids is 1. The molecule has 0 aliphatic rings. The van der Waals surface area contributed by atoms with Crippen LogP contribution in [0, 0.1) is 0 Å². The summed E-state index contributed by atoms with van der Waals surface area (Å²) >= 11 is 0. The number of carbonyl (C=O) groups excluding carboxylic acids is 2. The van der Waals surface area contributed by atoms with E-state index in [1.165, 1.54) is 199 Å². The highest BCUT2D eigenvalue weighted by Crippen LogP contribution is 2.18. The van der Waals surface area contributed by atoms with Gasteiger partial charge in [0, 0.05) is 12.8 Å². The smallest absolute Gasteiger partial charge is 0.361 e. The highest BCUT2D eigenvalue weighted by molar-refractivity contribution is 5.71. The first-order chi connectivity index (χ1) is 48.6. The average Bonchev–Trinajstić information content (AvgIpc) is 2.62. The van der Waals surface area contributed by atoms with Crippen LogP contribution in [0.3, 0.4) is 0 Å². The molecule has 0 aliphatic heterocycles. The van der Waals surface area contributed by atoms with Crippen molar-refractivity contribution < 1.29 is 42.9 Å². The molecule has 0 heterocycles. The maximum atomic E-state index is 13.0. The molecule has 2 unspecified atom stereocenters. The molecule has 566 valence electrons. The molecule has 0 aromatic rings. The Morgan fingerprint density at radius 1 is 0.313 bits per heavy atom. The maximum absolute atomic E-state index is 13.0. The van der Waals surface area contributed by atoms with E-state index < -0.39 is 24.3 Å². The second-order valence-electron chi connectivity index (χ2n) is 28.3. The third-order valence-electron chi connectivity index (χ3n) is 17.6. The summed E-state index contributed by atoms with van der Waals surface area (Å²) in [7, 11) is 5.98. The number of allylic oxidation sites excluding steroid dienone is 24. The molecular weight excluding hydrogens is 1220 g/mol. The van der Waals surface area contributed by atoms with Crippen molar-refractivity contribution in [2.45, 2.75) is 360 Å². The minimum Gasteiger partial charge on any atom is -0.477 e. The average molecular weight is 1380 g/mol. The van der Waals surface area contributed by atoms with Gasteiger partial charge in [0.2, 0.25) is 0 Å². The molecule has 0 radical (unpaired) electrons. The SMILES string of the molecule is CC/C=C\C/C=C\C/C=C\C/C=C\C/C=C\C/C=C\C/C=C\C/C=C\C/C=C\C/C=C\CCCCCCCCCCCCC(=O)OC(COC(=O)CCCCCCCCCCCCCCCCCCCCCCC/C=C\C/C=C\CCCCCCC)COC(OCC[N+](C)(C)C)C(=O)O. The monoisotopic (exact) mass is 1380 g/mol. The largest absolute Gasteiger partial charge is 0.477 e. The van der Waals surface area contributed by atoms with Gasteiger partial charge in [0.05, 0.1) is 34.4 Å². The van der Waals surface area contributed by atoms with E-state index in [1.807, 2.05) is 21.1 Å². The Labute approximate surface area is 611 Å². The number of likely N-dealkylation sites (N-methyl/N-ethyl adjacent to an activating group) is 1. The topological polar surface area (TPSA) is 108 Å². The van der Waals surface area contributed by atoms with Gasteiger partial charge in [-0.2, -0.15) is 0 Å². The van der Waals surface area contributed by atoms with Crippen LogP contribution in [0.4, 0.5) is 0 Å². The second kappa shape index (κ2) is 78.9. The van der Waals surface area contributed by atoms with E-state index in [-0.39, 0.29) is 32.2 Å². The summed E-state index contributed by atoms with van der Waals surface area (Å²) in [6.45, 7) is 4.77. The summed E-state index contributed by atoms with van der Waals surface area (Å²) in [4.78, 5) is 37.8. The normalized spacial score (nSPS) is 13.4. The van der Waals surface area contributed by atoms with Crippen molar-refractivity contribution in [3.8, 4) is 0 Å². The summed E-state index contributed by atoms with van der Waals surface area (Å²) in [5.74, 6) is -2.00. The molecule has 0 aromatic heterocycles. The number of rotatable bonds is 75. The first kappa shape index (κ1) is 94.2. The van der Waals surface area contributed by atoms with Gasteiger partial charge in [-0.05, 0) is 122 Å². The Morgan fingerprint density at radius 3 is 0.859 bits per heavy atom. The number of nitrogens with zero attached hydrogens (tertiary/aromatic N) is 1. The van der Waals surface area contributed by atoms with E-state index in [0.29, 0.717) is 23.9 Å². The number of hydrogen-bond donors (Lipinski definition) is 1. The summed E-state index contributed by atoms with van der Waals surface area (Å²) in [5, 5.41) is 9.78. The van der Waals surface area contributed by atoms with Crippen molar-refractivity contribution in [1.82, 2.24) is 0 Å². The third-order valence-corrected chi connectivity index (χ3v) is 17.6. The lowest BCUT2D eigenvalue weighted by Crippen LogP contribution is -2.40. The van der Waals surface area contributed by atoms with Crippen LogP contribution in [-0.2, 0) is 33.3 Å². The van der Waals surface area contributed by atoms with Crippen LogP contribution in [0.15, 0.2) is 146 Å². The zero-order valence-electron chi connectivity index (χ0n) is 64.9. The summed E-state index contributed by atoms with van der Waals surface area (Å²) < 4.78 is 23.0. The lowest BCUT2D eigenvalue weighted by molar-refractivity contribution is -0.870. The Bertz CT molecular complexity index is 2150. The van der Waals surface area contributed by atoms with Crippen LogP contribution in [0.25, 0.3) is 0 Å². The molecule has 0 aromatic carbocycles. The van der Waals surface area contributed by atoms with Crippen LogP contribution >= 0.6 is 0 Å². The molecule has 0 rings (SSSR count). The minimum absolute atomic E-state index is 0.182. The number of ether oxygens (including phenoxy) is 4. The third kappa shape index (κ3) is 80.4. The number of aliphatic carboxylic acids is 1. The molecule has 2 atom stereocenters. The number of carbonyl (C=O) groups is 3. The molecule has 1 N–H and O–H groups in total. The van der Waals surface area contributed by atoms with E-state index >= 15 is 0 Å². The van der Waals surface area contributed by atoms with Gasteiger partial charge >= 0.3 is 17.9 Å². The fraction of sp³-hybridized carbons (Fsp3) is 0.700. The molecule has 9 nitrogen and oxygen atoms in total. The van der Waals surface area contributed by atoms with Crippen molar-refractivity contribution in [1.29, 1.82) is 0 Å². The second-order valence-corrected chi connectivity index (χ2v) is 28.3. The first-order valence-corrected chi connectivity index (χ1v) is 41.0. The van der Waals surface area contributed by atoms with Crippen LogP contribution in [0.5, 0.6) is 0 Å². The molecule has 0 saturated carbocycles. The Hall–Kier alpha value is -4.83. The van der Waals surface area contributed by atoms with Crippen molar-refractivity contribution in [3.63, 3.8) is 0 Å². The lowest BCUT2D eigenvalue weighted by atomic mass is 10.0. The molecule has 9 heteroatoms. The highest BCUT2D eigenvalue weighted by Gasteiger charge is 2.25. The first-order valence-electron chi connectivity index (χ1n) is 41.0. The predicted octanol–water partition coefficient (Wildman–Crippen LogP) is 26.6. The van der Waals surface area contributed by atoms with Gasteiger partial charge < -0.3 is 28.5 Å². The zero-order chi connectivity index (χ0) is 71.8. The number of carboxylic acid groups (broad SMARTS) is 1. The number of quaternary nitrogens is 1. The zero-order valence-corrected chi connectivity index (χ0v) is 64.9. The van der Waals surface area contributed by atoms with E-state index in [4.69, 9.17) is 18.9 Å². The fourth-order valence-electron chi connectivity index (χ4n) is 11.4. The van der Waals surface area contributed by atoms with Gasteiger partial charge in [0.25, 0.3) is 6.29 Å². The van der Waals surface area contributed by atoms with Gasteiger partial charge in [0.15, 0.2) is 6.10 Å². The van der Waals surface area contributed by atoms with Gasteiger partial charge in [-0.25, -0.2) is 4.79 Å². The van der Waals surface area contributed by atoms with Crippen molar-refractivity contribution in [3.05, 3.63) is 146 Å². The minimum atomic E-state index is -1.52. The molecule has 99 heavy (non-hydrogen) atoms. The fourth-order valence-corrected chi connectivity index (χ4v) is 11.4. The van der Waals surface area contributed by atoms with Crippen molar-refractivity contribution in [2.75, 3.05) is 47.5 Å². The van der Waals surface area contributed by atoms with Gasteiger partial charge in [-0.3, -0.25) is 9.59 Å². The van der Waals surface area contributed by atoms with Crippen LogP contribution < -0.4 is 0 Å². The van der Waals surface area contributed by atoms with Gasteiger partial charge in [-0.15, -0.1) is 0 Å². The molecule has 0 bridgehead atoms. The lowest BCUT2D eigenvalue weighted by Gasteiger charge is -2.25. The summed E-state index contributed by atoms with van der Waals surface area (Å²) in [6, 6.07) is 0. The summed E-state index contributed by atoms with van der Waals surface area (Å²) in [6.07, 6.45) is 113. The van der Waals surface area contributed by atoms with Crippen molar-refractivity contribution in [2.24, 2.45) is 0 Å². The number of unbranched alkanes of at least 4 members (excludes halogenated alkanes) is 36. The Balaban J connectivity index is 4.07. The highest BCUT2D eigenvalue weighted by atomic mass is 16.7. The van der Waals surface area contributed by atoms with Gasteiger partial charge in [0.1, 0.15) is 13.2 Å². The van der Waals surface area contributed by atoms with Crippen molar-refractivity contribution >= 4 is 17.9 Å². The molecule has 0 spiro atoms. The van der Waals surface area contributed by atoms with Crippen LogP contribution in [0.2, 0.25) is 0 Å². The Kier molecular flexibility index (Phi) is 75.0. The Morgan fingerprint density at radius 2 is 0.576 bits per heavy atom. The maximum Gasteiger partial charge on any atom is 0.361 e. The number of hydrogen-bond acceptors (Lipinski definition) is 7. The van der Waals surface area contributed by atoms with E-state index in [0.717, 1.165) is 116 Å². The standard InChI is InChI=1S/C90H153NO8/c1-6-8-10-12-14-16-18-20-22-24-26-28-30-32-34-36-38-40-41-42-43-44-45-46-47-49-51-53-55-57-59-61-63-65-67-69-71-73-75-77-79-81-88(93)99-86(85-98-90(89(94)95)96-83-82-91(3,4)5)84-97-87(92)80-78-76-74-72-70-68-66-64-62-60-58-56-54-52-50-48-39-37-35-33-31-29-27-25-23-21-19-17-15-13-11-9-7-2/h8,10,14,16,19-22,25-28,32,34,38,40,42-43,45-46,49,51,55,57,86,90H,6-7,9,11-13,15,17-18,23-24,29-31,33,35-37,39,41,44,47-48,50,52-54,56,58-85H2,1-5H3/p+1/b10-8-,16-14-,21-19-,22-20-,27-25-,28-26-,34-32-,40-38-,43-42-,46-45-,51-49-,57-55-. The molecule has 0 saturated heterocycles. The molecule has 0 fully saturated rings. The number of esters is 2. The quantitative estimate of drug-likeness (QED) is 0.0211. The van der Waals surface area contributed by atoms with Gasteiger partial charge in [-0.1, -0.05) is 359 Å². The van der Waals surface area contributed by atoms with E-state index in [9.17, 15) is 19.5 Å². The molecule has 0 amide bonds. The summed E-state index contributed by atoms with van der Waals surface area (Å²) in [5.41, 5.74) is 0. The van der Waals surface area contributed by atoms with Crippen LogP contribution in [-0.4, -0.2) is 87.4 Å². The van der Waals surface area contributed by atoms with E-state index in [2.05, 4.69) is 160 Å². The van der Waals surface area contributed by atoms with Crippen LogP contribution in [0.1, 0.15) is 348 Å². The van der Waals surface area contributed by atoms with E-state index in [1.54, 1.807) is 0 Å².